The maximum atomic E-state index is 13.2. The Bertz CT molecular complexity index is 1300. The minimum atomic E-state index is -4.55. The highest BCUT2D eigenvalue weighted by Crippen LogP contribution is 2.32. The van der Waals surface area contributed by atoms with Crippen LogP contribution in [0, 0.1) is 0 Å². The van der Waals surface area contributed by atoms with E-state index in [1.165, 1.54) is 28.4 Å². The van der Waals surface area contributed by atoms with E-state index in [1.807, 2.05) is 0 Å². The predicted octanol–water partition coefficient (Wildman–Crippen LogP) is 4.83. The van der Waals surface area contributed by atoms with Gasteiger partial charge in [0.05, 0.1) is 16.1 Å². The largest absolute Gasteiger partial charge is 0.450 e. The van der Waals surface area contributed by atoms with Gasteiger partial charge in [0.15, 0.2) is 12.4 Å². The van der Waals surface area contributed by atoms with Gasteiger partial charge < -0.3 is 9.64 Å². The molecule has 0 saturated carbocycles. The molecular formula is C23H17F3N4O3S. The normalized spacial score (nSPS) is 11.3. The second-order valence-corrected chi connectivity index (χ2v) is 8.01. The van der Waals surface area contributed by atoms with Crippen LogP contribution in [0.1, 0.15) is 16.2 Å². The average Bonchev–Trinajstić information content (AvgIpc) is 3.52. The lowest BCUT2D eigenvalue weighted by molar-refractivity contribution is -0.137. The van der Waals surface area contributed by atoms with Crippen LogP contribution in [0.2, 0.25) is 0 Å². The number of ether oxygens (including phenoxy) is 1. The lowest BCUT2D eigenvalue weighted by Crippen LogP contribution is -2.31. The van der Waals surface area contributed by atoms with Crippen molar-refractivity contribution in [3.05, 3.63) is 83.5 Å². The van der Waals surface area contributed by atoms with Gasteiger partial charge in [0.1, 0.15) is 0 Å². The van der Waals surface area contributed by atoms with E-state index in [2.05, 4.69) is 10.1 Å². The highest BCUT2D eigenvalue weighted by molar-refractivity contribution is 7.13. The highest BCUT2D eigenvalue weighted by Gasteiger charge is 2.31. The fraction of sp³-hybridized carbons (Fsp3) is 0.130. The maximum Gasteiger partial charge on any atom is 0.416 e. The van der Waals surface area contributed by atoms with E-state index in [0.29, 0.717) is 10.6 Å². The molecule has 4 rings (SSSR count). The summed E-state index contributed by atoms with van der Waals surface area (Å²) < 4.78 is 45.8. The number of aromatic nitrogens is 3. The van der Waals surface area contributed by atoms with E-state index in [0.717, 1.165) is 16.8 Å². The molecule has 0 aliphatic heterocycles. The van der Waals surface area contributed by atoms with E-state index in [1.54, 1.807) is 54.9 Å². The minimum absolute atomic E-state index is 0.0738. The molecule has 0 spiro atoms. The van der Waals surface area contributed by atoms with Gasteiger partial charge in [-0.3, -0.25) is 4.79 Å². The van der Waals surface area contributed by atoms with Crippen LogP contribution in [0.5, 0.6) is 0 Å². The fourth-order valence-corrected chi connectivity index (χ4v) is 3.74. The van der Waals surface area contributed by atoms with Crippen molar-refractivity contribution in [1.82, 2.24) is 14.8 Å². The number of thiophene rings is 1. The Kier molecular flexibility index (Phi) is 6.46. The summed E-state index contributed by atoms with van der Waals surface area (Å²) in [5.41, 5.74) is -0.170. The van der Waals surface area contributed by atoms with Crippen LogP contribution >= 0.6 is 11.3 Å². The smallest absolute Gasteiger partial charge is 0.416 e. The highest BCUT2D eigenvalue weighted by atomic mass is 32.1. The van der Waals surface area contributed by atoms with Crippen LogP contribution in [-0.4, -0.2) is 40.3 Å². The van der Waals surface area contributed by atoms with Crippen molar-refractivity contribution in [2.45, 2.75) is 6.18 Å². The molecule has 0 aliphatic carbocycles. The summed E-state index contributed by atoms with van der Waals surface area (Å²) in [6.07, 6.45) is -4.55. The van der Waals surface area contributed by atoms with Gasteiger partial charge in [0.25, 0.3) is 11.7 Å². The number of nitrogens with zero attached hydrogens (tertiary/aromatic N) is 4. The number of esters is 1. The van der Waals surface area contributed by atoms with Gasteiger partial charge in [-0.1, -0.05) is 30.3 Å². The molecule has 34 heavy (non-hydrogen) atoms. The number of alkyl halides is 3. The molecule has 0 radical (unpaired) electrons. The monoisotopic (exact) mass is 486 g/mol. The lowest BCUT2D eigenvalue weighted by Gasteiger charge is -2.16. The van der Waals surface area contributed by atoms with E-state index >= 15 is 0 Å². The lowest BCUT2D eigenvalue weighted by atomic mass is 10.2. The molecule has 7 nitrogen and oxygen atoms in total. The molecule has 11 heteroatoms. The molecule has 4 aromatic rings. The number of amides is 1. The second kappa shape index (κ2) is 9.48. The summed E-state index contributed by atoms with van der Waals surface area (Å²) in [5, 5.41) is 5.85. The van der Waals surface area contributed by atoms with Crippen LogP contribution in [0.4, 0.5) is 18.9 Å². The molecule has 174 valence electrons. The molecule has 0 bridgehead atoms. The third kappa shape index (κ3) is 4.99. The fourth-order valence-electron chi connectivity index (χ4n) is 3.04. The molecule has 1 amide bonds. The molecule has 0 saturated heterocycles. The number of hydrogen-bond acceptors (Lipinski definition) is 6. The van der Waals surface area contributed by atoms with Gasteiger partial charge in [-0.2, -0.15) is 18.2 Å². The molecule has 0 atom stereocenters. The Hall–Kier alpha value is -3.99. The van der Waals surface area contributed by atoms with Crippen molar-refractivity contribution in [2.24, 2.45) is 0 Å². The Morgan fingerprint density at radius 3 is 2.50 bits per heavy atom. The van der Waals surface area contributed by atoms with Gasteiger partial charge in [0.2, 0.25) is 0 Å². The summed E-state index contributed by atoms with van der Waals surface area (Å²) >= 11 is 1.28. The van der Waals surface area contributed by atoms with Crippen molar-refractivity contribution in [2.75, 3.05) is 18.6 Å². The number of likely N-dealkylation sites (N-methyl/N-ethyl adjacent to an activating group) is 1. The van der Waals surface area contributed by atoms with Crippen LogP contribution < -0.4 is 4.90 Å². The molecule has 0 fully saturated rings. The molecule has 2 aromatic heterocycles. The number of para-hydroxylation sites is 1. The standard InChI is InChI=1S/C23H17F3N4O3S/c1-29(16-8-3-2-4-9-16)19(31)14-33-22(32)20-27-21(18-11-6-12-34-18)30(28-20)17-10-5-7-15(13-17)23(24,25)26/h2-13H,14H2,1H3. The first-order valence-electron chi connectivity index (χ1n) is 9.91. The number of anilines is 1. The van der Waals surface area contributed by atoms with E-state index in [4.69, 9.17) is 4.74 Å². The predicted molar refractivity (Wildman–Crippen MR) is 120 cm³/mol. The third-order valence-corrected chi connectivity index (χ3v) is 5.66. The first-order valence-corrected chi connectivity index (χ1v) is 10.8. The molecule has 2 aromatic carbocycles. The quantitative estimate of drug-likeness (QED) is 0.365. The Balaban J connectivity index is 1.58. The number of halogens is 3. The van der Waals surface area contributed by atoms with Gasteiger partial charge >= 0.3 is 12.1 Å². The van der Waals surface area contributed by atoms with Crippen molar-refractivity contribution in [3.63, 3.8) is 0 Å². The second-order valence-electron chi connectivity index (χ2n) is 7.06. The number of carbonyl (C=O) groups is 2. The molecule has 2 heterocycles. The van der Waals surface area contributed by atoms with Crippen molar-refractivity contribution in [1.29, 1.82) is 0 Å². The maximum absolute atomic E-state index is 13.2. The van der Waals surface area contributed by atoms with E-state index < -0.39 is 30.2 Å². The SMILES string of the molecule is CN(C(=O)COC(=O)c1nc(-c2cccs2)n(-c2cccc(C(F)(F)F)c2)n1)c1ccccc1. The van der Waals surface area contributed by atoms with E-state index in [-0.39, 0.29) is 17.3 Å². The van der Waals surface area contributed by atoms with Crippen LogP contribution in [0.3, 0.4) is 0 Å². The topological polar surface area (TPSA) is 77.3 Å². The first-order chi connectivity index (χ1) is 16.2. The zero-order valence-corrected chi connectivity index (χ0v) is 18.5. The van der Waals surface area contributed by atoms with Gasteiger partial charge in [-0.05, 0) is 41.8 Å². The Labute approximate surface area is 196 Å². The van der Waals surface area contributed by atoms with E-state index in [9.17, 15) is 22.8 Å². The number of hydrogen-bond donors (Lipinski definition) is 0. The first kappa shape index (κ1) is 23.2. The third-order valence-electron chi connectivity index (χ3n) is 4.79. The Morgan fingerprint density at radius 1 is 1.06 bits per heavy atom. The number of benzene rings is 2. The van der Waals surface area contributed by atoms with Crippen LogP contribution in [-0.2, 0) is 15.7 Å². The van der Waals surface area contributed by atoms with Crippen molar-refractivity contribution in [3.8, 4) is 16.4 Å². The zero-order valence-electron chi connectivity index (χ0n) is 17.7. The number of rotatable bonds is 6. The summed E-state index contributed by atoms with van der Waals surface area (Å²) in [7, 11) is 1.54. The van der Waals surface area contributed by atoms with Gasteiger partial charge in [0, 0.05) is 12.7 Å². The van der Waals surface area contributed by atoms with Crippen molar-refractivity contribution >= 4 is 28.9 Å². The van der Waals surface area contributed by atoms with Gasteiger partial charge in [-0.25, -0.2) is 9.48 Å². The van der Waals surface area contributed by atoms with Crippen molar-refractivity contribution < 1.29 is 27.5 Å². The minimum Gasteiger partial charge on any atom is -0.450 e. The summed E-state index contributed by atoms with van der Waals surface area (Å²) in [6, 6.07) is 16.8. The molecular weight excluding hydrogens is 469 g/mol. The molecule has 0 aliphatic rings. The number of carbonyl (C=O) groups excluding carboxylic acids is 2. The average molecular weight is 486 g/mol. The molecule has 0 N–H and O–H groups in total. The zero-order chi connectivity index (χ0) is 24.3. The summed E-state index contributed by atoms with van der Waals surface area (Å²) in [4.78, 5) is 31.1. The Morgan fingerprint density at radius 2 is 1.82 bits per heavy atom. The summed E-state index contributed by atoms with van der Waals surface area (Å²) in [5.74, 6) is -1.65. The molecule has 0 unspecified atom stereocenters. The van der Waals surface area contributed by atoms with Crippen LogP contribution in [0.15, 0.2) is 72.1 Å². The summed E-state index contributed by atoms with van der Waals surface area (Å²) in [6.45, 7) is -0.559. The van der Waals surface area contributed by atoms with Gasteiger partial charge in [-0.15, -0.1) is 16.4 Å². The van der Waals surface area contributed by atoms with Crippen LogP contribution in [0.25, 0.3) is 16.4 Å².